The van der Waals surface area contributed by atoms with E-state index in [9.17, 15) is 104 Å². The number of carbonyl (C=O) groups is 10. The number of carbonyl (C=O) groups excluding carboxylic acids is 9. The van der Waals surface area contributed by atoms with Crippen molar-refractivity contribution in [2.75, 3.05) is 57.6 Å². The Hall–Kier alpha value is -8.24. The average molecular weight is 1560 g/mol. The lowest BCUT2D eigenvalue weighted by Gasteiger charge is -2.48. The van der Waals surface area contributed by atoms with Crippen molar-refractivity contribution in [3.63, 3.8) is 0 Å². The average Bonchev–Trinajstić information content (AvgIpc) is 0.780. The molecule has 0 spiro atoms. The number of aliphatic imine (C=N–C) groups is 1. The number of phenolic OH excluding ortho intramolecular Hbond substituents is 2. The van der Waals surface area contributed by atoms with Gasteiger partial charge in [-0.15, -0.1) is 0 Å². The Kier molecular flexibility index (Phi) is 37.2. The van der Waals surface area contributed by atoms with Crippen LogP contribution >= 0.6 is 11.8 Å². The number of benzene rings is 2. The number of aliphatic hydroxyl groups is 8. The highest BCUT2D eigenvalue weighted by Gasteiger charge is 2.53. The van der Waals surface area contributed by atoms with E-state index < -0.39 is 226 Å². The van der Waals surface area contributed by atoms with Crippen molar-refractivity contribution in [1.82, 2.24) is 47.9 Å². The molecule has 3 saturated heterocycles. The SMILES string of the molecule is CC(=O)N[C@H]1[C@H](OC[C@H]2O[C@H](OCCSCC[C@H](NC(=O)[C@H](Cc3ccc(O)cc3)NC(=O)[C@@H](NC(=O)[C@H](Cc3ccc(O)cc3)NC(=O)CNC(=O)[C@@H](N)CCCN=C(N)N)C(C)C)C(=O)NCC(=O)N[C@@H](CC(C)C)C(=O)O)[C@H](NC(C)=O)[C@@H](O[C@@H]3O[C@H](CO)[C@H](O)[C@H](O)[C@H]3O)[C@H]2O)O[C@H](CO)[C@@H](O)[C@@H]1O. The number of guanidine groups is 1. The van der Waals surface area contributed by atoms with Crippen LogP contribution in [-0.2, 0) is 89.2 Å². The molecule has 0 aliphatic carbocycles. The lowest BCUT2D eigenvalue weighted by molar-refractivity contribution is -0.349. The highest BCUT2D eigenvalue weighted by atomic mass is 32.2. The molecule has 3 heterocycles. The van der Waals surface area contributed by atoms with Crippen LogP contribution in [0.25, 0.3) is 0 Å². The normalized spacial score (nSPS) is 25.8. The van der Waals surface area contributed by atoms with Crippen LogP contribution in [0.5, 0.6) is 11.5 Å². The molecule has 40 nitrogen and oxygen atoms in total. The monoisotopic (exact) mass is 1560 g/mol. The fourth-order valence-corrected chi connectivity index (χ4v) is 12.4. The third-order valence-electron chi connectivity index (χ3n) is 17.3. The molecule has 3 aliphatic heterocycles. The second-order valence-corrected chi connectivity index (χ2v) is 28.1. The molecule has 0 unspecified atom stereocenters. The molecular formula is C67H105N13O27S. The summed E-state index contributed by atoms with van der Waals surface area (Å²) < 4.78 is 35.6. The molecule has 2 aromatic carbocycles. The van der Waals surface area contributed by atoms with Crippen LogP contribution in [0.15, 0.2) is 53.5 Å². The Labute approximate surface area is 626 Å². The topological polar surface area (TPSA) is 647 Å². The van der Waals surface area contributed by atoms with Gasteiger partial charge in [0.2, 0.25) is 53.2 Å². The molecule has 21 atom stereocenters. The Bertz CT molecular complexity index is 3290. The Morgan fingerprint density at radius 2 is 1.06 bits per heavy atom. The van der Waals surface area contributed by atoms with Crippen molar-refractivity contribution >= 4 is 76.9 Å². The highest BCUT2D eigenvalue weighted by Crippen LogP contribution is 2.32. The predicted molar refractivity (Wildman–Crippen MR) is 379 cm³/mol. The van der Waals surface area contributed by atoms with E-state index in [1.807, 2.05) is 0 Å². The minimum Gasteiger partial charge on any atom is -0.508 e. The van der Waals surface area contributed by atoms with Gasteiger partial charge in [-0.25, -0.2) is 4.79 Å². The molecule has 606 valence electrons. The van der Waals surface area contributed by atoms with Crippen molar-refractivity contribution in [3.05, 3.63) is 59.7 Å². The summed E-state index contributed by atoms with van der Waals surface area (Å²) in [5.74, 6) is -10.4. The Balaban J connectivity index is 1.40. The lowest BCUT2D eigenvalue weighted by Crippen LogP contribution is -2.68. The number of aliphatic hydroxyl groups excluding tert-OH is 8. The maximum Gasteiger partial charge on any atom is 0.326 e. The van der Waals surface area contributed by atoms with E-state index in [0.29, 0.717) is 17.5 Å². The molecule has 26 N–H and O–H groups in total. The minimum atomic E-state index is -2.04. The molecule has 0 aromatic heterocycles. The summed E-state index contributed by atoms with van der Waals surface area (Å²) >= 11 is 1.10. The zero-order valence-electron chi connectivity index (χ0n) is 60.5. The number of rotatable bonds is 42. The number of carboxylic acid groups (broad SMARTS) is 1. The number of nitrogens with two attached hydrogens (primary N) is 3. The zero-order valence-corrected chi connectivity index (χ0v) is 61.4. The molecule has 9 amide bonds. The first-order chi connectivity index (χ1) is 51.0. The summed E-state index contributed by atoms with van der Waals surface area (Å²) in [5, 5.41) is 138. The minimum absolute atomic E-state index is 0.0148. The van der Waals surface area contributed by atoms with Crippen molar-refractivity contribution in [3.8, 4) is 11.5 Å². The van der Waals surface area contributed by atoms with Crippen LogP contribution in [0.3, 0.4) is 0 Å². The second kappa shape index (κ2) is 44.4. The number of nitrogens with one attached hydrogen (secondary N) is 9. The van der Waals surface area contributed by atoms with Gasteiger partial charge in [0.25, 0.3) is 0 Å². The smallest absolute Gasteiger partial charge is 0.326 e. The van der Waals surface area contributed by atoms with Crippen LogP contribution in [0.4, 0.5) is 0 Å². The number of carboxylic acids is 1. The van der Waals surface area contributed by atoms with Crippen LogP contribution in [-0.4, -0.2) is 307 Å². The first kappa shape index (κ1) is 90.4. The predicted octanol–water partition coefficient (Wildman–Crippen LogP) is -8.42. The van der Waals surface area contributed by atoms with Crippen molar-refractivity contribution in [1.29, 1.82) is 0 Å². The Morgan fingerprint density at radius 1 is 0.556 bits per heavy atom. The summed E-state index contributed by atoms with van der Waals surface area (Å²) in [5.41, 5.74) is 17.5. The number of ether oxygens (including phenoxy) is 6. The van der Waals surface area contributed by atoms with Gasteiger partial charge in [-0.3, -0.25) is 48.1 Å². The van der Waals surface area contributed by atoms with Crippen LogP contribution < -0.4 is 65.1 Å². The van der Waals surface area contributed by atoms with E-state index in [2.05, 4.69) is 52.8 Å². The van der Waals surface area contributed by atoms with Gasteiger partial charge in [0.1, 0.15) is 115 Å². The summed E-state index contributed by atoms with van der Waals surface area (Å²) in [4.78, 5) is 139. The number of hydrogen-bond acceptors (Lipinski definition) is 29. The van der Waals surface area contributed by atoms with Crippen LogP contribution in [0.2, 0.25) is 0 Å². The Morgan fingerprint density at radius 3 is 1.59 bits per heavy atom. The maximum absolute atomic E-state index is 14.9. The molecule has 2 aromatic rings. The number of nitrogens with zero attached hydrogens (tertiary/aromatic N) is 1. The van der Waals surface area contributed by atoms with Gasteiger partial charge in [0, 0.05) is 39.0 Å². The van der Waals surface area contributed by atoms with Gasteiger partial charge in [0.15, 0.2) is 24.8 Å². The summed E-state index contributed by atoms with van der Waals surface area (Å²) in [6, 6.07) is -0.326. The molecule has 41 heteroatoms. The molecule has 3 aliphatic rings. The van der Waals surface area contributed by atoms with E-state index >= 15 is 0 Å². The van der Waals surface area contributed by atoms with Gasteiger partial charge in [0.05, 0.1) is 45.6 Å². The first-order valence-corrected chi connectivity index (χ1v) is 36.1. The van der Waals surface area contributed by atoms with Gasteiger partial charge < -0.3 is 150 Å². The van der Waals surface area contributed by atoms with E-state index in [1.54, 1.807) is 27.7 Å². The summed E-state index contributed by atoms with van der Waals surface area (Å²) in [6.45, 7) is 4.78. The maximum atomic E-state index is 14.9. The van der Waals surface area contributed by atoms with Gasteiger partial charge in [-0.05, 0) is 78.7 Å². The number of thioether (sulfide) groups is 1. The first-order valence-electron chi connectivity index (χ1n) is 34.9. The molecule has 0 bridgehead atoms. The van der Waals surface area contributed by atoms with Crippen LogP contribution in [0.1, 0.15) is 78.4 Å². The van der Waals surface area contributed by atoms with E-state index in [4.69, 9.17) is 45.6 Å². The number of aromatic hydroxyl groups is 2. The molecular weight excluding hydrogens is 1450 g/mol. The highest BCUT2D eigenvalue weighted by molar-refractivity contribution is 7.99. The molecule has 108 heavy (non-hydrogen) atoms. The molecule has 0 radical (unpaired) electrons. The number of aliphatic carboxylic acids is 1. The standard InChI is InChI=1S/C67H105N13O27S/c1-30(2)22-42(63(100)101)77-47(88)26-73-59(96)39(17-20-108-21-19-102-65-50(75-33(6)84)57(107-66-56(94)55(93)52(90)44(28-82)105-66)53(91)45(106-65)29-103-64-49(74-32(5)83)54(92)51(89)43(27-81)104-64)78-60(97)41(24-35-11-15-37(86)16-12-35)79-62(99)48(31(3)4)80-61(98)40(23-34-9-13-36(85)14-10-34)76-46(87)25-72-58(95)38(68)8-7-18-71-67(69)70/h9-16,30-31,38-45,48-57,64-66,81-82,85-86,89-94H,7-8,17-29,68H2,1-6H3,(H,72,95)(H,73,96)(H,74,83)(H,75,84)(H,76,87)(H,77,88)(H,78,97)(H,79,99)(H,80,98)(H,100,101)(H4,69,70,71)/t38-,39-,40-,41-,42-,43+,44+,45+,48-,49+,50+,51+,52-,53-,54+,55-,56+,57+,64+,65-,66-/m0/s1. The van der Waals surface area contributed by atoms with Gasteiger partial charge >= 0.3 is 5.97 Å². The van der Waals surface area contributed by atoms with Crippen molar-refractivity contribution in [2.24, 2.45) is 34.0 Å². The lowest BCUT2D eigenvalue weighted by atomic mass is 9.95. The van der Waals surface area contributed by atoms with E-state index in [0.717, 1.165) is 25.6 Å². The number of phenols is 2. The van der Waals surface area contributed by atoms with Gasteiger partial charge in [-0.1, -0.05) is 52.0 Å². The largest absolute Gasteiger partial charge is 0.508 e. The molecule has 5 rings (SSSR count). The fourth-order valence-electron chi connectivity index (χ4n) is 11.6. The number of hydrogen-bond donors (Lipinski definition) is 23. The molecule has 0 saturated carbocycles. The summed E-state index contributed by atoms with van der Waals surface area (Å²) in [7, 11) is 0. The van der Waals surface area contributed by atoms with E-state index in [1.165, 1.54) is 48.5 Å². The molecule has 3 fully saturated rings. The van der Waals surface area contributed by atoms with Crippen molar-refractivity contribution < 1.29 is 133 Å². The summed E-state index contributed by atoms with van der Waals surface area (Å²) in [6.07, 6.45) is -23.1. The zero-order chi connectivity index (χ0) is 80.2. The van der Waals surface area contributed by atoms with Gasteiger partial charge in [-0.2, -0.15) is 11.8 Å². The van der Waals surface area contributed by atoms with Crippen LogP contribution in [0, 0.1) is 11.8 Å². The van der Waals surface area contributed by atoms with Crippen molar-refractivity contribution in [2.45, 2.75) is 208 Å². The third-order valence-corrected chi connectivity index (χ3v) is 18.3. The third kappa shape index (κ3) is 28.6. The fraction of sp³-hybridized carbons (Fsp3) is 0.657. The second-order valence-electron chi connectivity index (χ2n) is 26.9. The quantitative estimate of drug-likeness (QED) is 0.0167. The number of amides is 9. The van der Waals surface area contributed by atoms with E-state index in [-0.39, 0.29) is 80.1 Å².